The standard InChI is InChI=1S/C13H13F2N3S/c14-8-3-9-10(11(15)4-8)6-18(12(9)5-16)7-13-17-1-2-19-13/h1-4,12H,5-7,16H2. The summed E-state index contributed by atoms with van der Waals surface area (Å²) in [6, 6.07) is 2.17. The predicted molar refractivity (Wildman–Crippen MR) is 69.5 cm³/mol. The first kappa shape index (κ1) is 12.7. The van der Waals surface area contributed by atoms with E-state index in [4.69, 9.17) is 5.73 Å². The van der Waals surface area contributed by atoms with Crippen molar-refractivity contribution in [3.8, 4) is 0 Å². The maximum Gasteiger partial charge on any atom is 0.130 e. The Morgan fingerprint density at radius 3 is 2.95 bits per heavy atom. The van der Waals surface area contributed by atoms with Gasteiger partial charge in [-0.25, -0.2) is 13.8 Å². The van der Waals surface area contributed by atoms with Crippen LogP contribution in [-0.2, 0) is 13.1 Å². The minimum absolute atomic E-state index is 0.149. The van der Waals surface area contributed by atoms with Crippen LogP contribution in [0.25, 0.3) is 0 Å². The van der Waals surface area contributed by atoms with Gasteiger partial charge in [0.15, 0.2) is 0 Å². The van der Waals surface area contributed by atoms with Crippen molar-refractivity contribution in [1.29, 1.82) is 0 Å². The van der Waals surface area contributed by atoms with Gasteiger partial charge in [-0.1, -0.05) is 0 Å². The van der Waals surface area contributed by atoms with Gasteiger partial charge in [0.1, 0.15) is 16.6 Å². The number of nitrogens with two attached hydrogens (primary N) is 1. The summed E-state index contributed by atoms with van der Waals surface area (Å²) in [6.45, 7) is 1.39. The highest BCUT2D eigenvalue weighted by Gasteiger charge is 2.32. The molecule has 0 saturated carbocycles. The van der Waals surface area contributed by atoms with Crippen LogP contribution in [0.5, 0.6) is 0 Å². The van der Waals surface area contributed by atoms with Gasteiger partial charge in [0, 0.05) is 42.3 Å². The molecule has 0 saturated heterocycles. The number of hydrogen-bond donors (Lipinski definition) is 1. The molecule has 0 amide bonds. The molecule has 0 aliphatic carbocycles. The van der Waals surface area contributed by atoms with Crippen LogP contribution in [0.3, 0.4) is 0 Å². The quantitative estimate of drug-likeness (QED) is 0.939. The largest absolute Gasteiger partial charge is 0.329 e. The van der Waals surface area contributed by atoms with Gasteiger partial charge < -0.3 is 5.73 Å². The van der Waals surface area contributed by atoms with E-state index >= 15 is 0 Å². The molecule has 0 bridgehead atoms. The van der Waals surface area contributed by atoms with Gasteiger partial charge in [-0.15, -0.1) is 11.3 Å². The highest BCUT2D eigenvalue weighted by Crippen LogP contribution is 2.36. The summed E-state index contributed by atoms with van der Waals surface area (Å²) in [5.41, 5.74) is 6.98. The SMILES string of the molecule is NCC1c2cc(F)cc(F)c2CN1Cc1nccs1. The molecular weight excluding hydrogens is 268 g/mol. The van der Waals surface area contributed by atoms with E-state index in [2.05, 4.69) is 4.98 Å². The average Bonchev–Trinajstić information content (AvgIpc) is 2.97. The number of aromatic nitrogens is 1. The van der Waals surface area contributed by atoms with Crippen LogP contribution < -0.4 is 5.73 Å². The molecule has 0 radical (unpaired) electrons. The van der Waals surface area contributed by atoms with E-state index < -0.39 is 11.6 Å². The van der Waals surface area contributed by atoms with Gasteiger partial charge in [-0.05, 0) is 11.6 Å². The number of rotatable bonds is 3. The van der Waals surface area contributed by atoms with E-state index in [-0.39, 0.29) is 6.04 Å². The summed E-state index contributed by atoms with van der Waals surface area (Å²) in [5.74, 6) is -1.04. The van der Waals surface area contributed by atoms with E-state index in [9.17, 15) is 8.78 Å². The second kappa shape index (κ2) is 4.96. The number of thiazole rings is 1. The third-order valence-electron chi connectivity index (χ3n) is 3.40. The number of hydrogen-bond acceptors (Lipinski definition) is 4. The number of nitrogens with zero attached hydrogens (tertiary/aromatic N) is 2. The Balaban J connectivity index is 1.92. The molecule has 2 heterocycles. The number of benzene rings is 1. The topological polar surface area (TPSA) is 42.1 Å². The molecular formula is C13H13F2N3S. The van der Waals surface area contributed by atoms with Gasteiger partial charge in [-0.2, -0.15) is 0 Å². The molecule has 1 atom stereocenters. The molecule has 1 aliphatic heterocycles. The third kappa shape index (κ3) is 2.27. The Morgan fingerprint density at radius 1 is 1.42 bits per heavy atom. The molecule has 6 heteroatoms. The number of fused-ring (bicyclic) bond motifs is 1. The van der Waals surface area contributed by atoms with E-state index in [0.717, 1.165) is 11.1 Å². The van der Waals surface area contributed by atoms with Crippen molar-refractivity contribution in [1.82, 2.24) is 9.88 Å². The zero-order valence-electron chi connectivity index (χ0n) is 10.1. The Bertz CT molecular complexity index is 586. The number of halogens is 2. The van der Waals surface area contributed by atoms with Crippen LogP contribution in [0.2, 0.25) is 0 Å². The lowest BCUT2D eigenvalue weighted by molar-refractivity contribution is 0.209. The van der Waals surface area contributed by atoms with Crippen molar-refractivity contribution >= 4 is 11.3 Å². The Morgan fingerprint density at radius 2 is 2.26 bits per heavy atom. The highest BCUT2D eigenvalue weighted by molar-refractivity contribution is 7.09. The summed E-state index contributed by atoms with van der Waals surface area (Å²) in [5, 5.41) is 2.85. The van der Waals surface area contributed by atoms with Crippen molar-refractivity contribution in [3.05, 3.63) is 51.5 Å². The smallest absolute Gasteiger partial charge is 0.130 e. The van der Waals surface area contributed by atoms with Crippen LogP contribution in [0.15, 0.2) is 23.7 Å². The summed E-state index contributed by atoms with van der Waals surface area (Å²) < 4.78 is 27.1. The van der Waals surface area contributed by atoms with E-state index in [1.54, 1.807) is 17.5 Å². The fraction of sp³-hybridized carbons (Fsp3) is 0.308. The maximum atomic E-state index is 13.8. The molecule has 3 rings (SSSR count). The predicted octanol–water partition coefficient (Wildman–Crippen LogP) is 2.44. The van der Waals surface area contributed by atoms with Crippen molar-refractivity contribution < 1.29 is 8.78 Å². The fourth-order valence-electron chi connectivity index (χ4n) is 2.54. The molecule has 1 aromatic carbocycles. The Labute approximate surface area is 113 Å². The molecule has 2 aromatic rings. The summed E-state index contributed by atoms with van der Waals surface area (Å²) in [4.78, 5) is 6.25. The zero-order chi connectivity index (χ0) is 13.4. The fourth-order valence-corrected chi connectivity index (χ4v) is 3.19. The third-order valence-corrected chi connectivity index (χ3v) is 4.17. The van der Waals surface area contributed by atoms with E-state index in [0.29, 0.717) is 30.8 Å². The second-order valence-corrected chi connectivity index (χ2v) is 5.52. The Hall–Kier alpha value is -1.37. The first-order valence-corrected chi connectivity index (χ1v) is 6.87. The molecule has 1 aliphatic rings. The minimum atomic E-state index is -0.550. The summed E-state index contributed by atoms with van der Waals surface area (Å²) >= 11 is 1.55. The van der Waals surface area contributed by atoms with Crippen LogP contribution in [0.1, 0.15) is 22.2 Å². The first-order chi connectivity index (χ1) is 9.19. The molecule has 1 aromatic heterocycles. The molecule has 0 spiro atoms. The molecule has 2 N–H and O–H groups in total. The monoisotopic (exact) mass is 281 g/mol. The average molecular weight is 281 g/mol. The van der Waals surface area contributed by atoms with Gasteiger partial charge in [0.25, 0.3) is 0 Å². The lowest BCUT2D eigenvalue weighted by Crippen LogP contribution is -2.27. The van der Waals surface area contributed by atoms with Gasteiger partial charge in [-0.3, -0.25) is 4.90 Å². The first-order valence-electron chi connectivity index (χ1n) is 5.99. The van der Waals surface area contributed by atoms with Crippen LogP contribution in [-0.4, -0.2) is 16.4 Å². The van der Waals surface area contributed by atoms with Crippen LogP contribution in [0, 0.1) is 11.6 Å². The molecule has 19 heavy (non-hydrogen) atoms. The highest BCUT2D eigenvalue weighted by atomic mass is 32.1. The van der Waals surface area contributed by atoms with E-state index in [1.165, 1.54) is 6.07 Å². The van der Waals surface area contributed by atoms with Crippen molar-refractivity contribution in [2.75, 3.05) is 6.54 Å². The normalized spacial score (nSPS) is 18.8. The second-order valence-electron chi connectivity index (χ2n) is 4.54. The summed E-state index contributed by atoms with van der Waals surface area (Å²) in [7, 11) is 0. The van der Waals surface area contributed by atoms with Gasteiger partial charge >= 0.3 is 0 Å². The summed E-state index contributed by atoms with van der Waals surface area (Å²) in [6.07, 6.45) is 1.74. The van der Waals surface area contributed by atoms with Crippen LogP contribution >= 0.6 is 11.3 Å². The maximum absolute atomic E-state index is 13.8. The molecule has 3 nitrogen and oxygen atoms in total. The van der Waals surface area contributed by atoms with Gasteiger partial charge in [0.2, 0.25) is 0 Å². The molecule has 1 unspecified atom stereocenters. The lowest BCUT2D eigenvalue weighted by atomic mass is 10.0. The van der Waals surface area contributed by atoms with E-state index in [1.807, 2.05) is 10.3 Å². The lowest BCUT2D eigenvalue weighted by Gasteiger charge is -2.22. The van der Waals surface area contributed by atoms with Crippen molar-refractivity contribution in [2.24, 2.45) is 5.73 Å². The Kier molecular flexibility index (Phi) is 3.30. The zero-order valence-corrected chi connectivity index (χ0v) is 11.0. The van der Waals surface area contributed by atoms with Crippen molar-refractivity contribution in [3.63, 3.8) is 0 Å². The minimum Gasteiger partial charge on any atom is -0.329 e. The van der Waals surface area contributed by atoms with Crippen LogP contribution in [0.4, 0.5) is 8.78 Å². The molecule has 0 fully saturated rings. The molecule has 100 valence electrons. The van der Waals surface area contributed by atoms with Gasteiger partial charge in [0.05, 0.1) is 6.54 Å². The van der Waals surface area contributed by atoms with Crippen molar-refractivity contribution in [2.45, 2.75) is 19.1 Å².